The molecule has 0 saturated heterocycles. The van der Waals surface area contributed by atoms with E-state index >= 15 is 0 Å². The predicted molar refractivity (Wildman–Crippen MR) is 87.7 cm³/mol. The summed E-state index contributed by atoms with van der Waals surface area (Å²) in [5, 5.41) is 13.5. The topological polar surface area (TPSA) is 44.7 Å². The Morgan fingerprint density at radius 1 is 1.19 bits per heavy atom. The maximum atomic E-state index is 10.0. The van der Waals surface area contributed by atoms with Crippen LogP contribution in [0.2, 0.25) is 0 Å². The Hall–Kier alpha value is -1.10. The van der Waals surface area contributed by atoms with E-state index < -0.39 is 6.10 Å². The van der Waals surface area contributed by atoms with Gasteiger partial charge in [0, 0.05) is 19.1 Å². The highest BCUT2D eigenvalue weighted by atomic mass is 16.5. The van der Waals surface area contributed by atoms with Crippen molar-refractivity contribution in [1.29, 1.82) is 0 Å². The number of nitrogens with one attached hydrogen (secondary N) is 1. The van der Waals surface area contributed by atoms with Crippen LogP contribution in [-0.4, -0.2) is 55.9 Å². The van der Waals surface area contributed by atoms with Gasteiger partial charge in [-0.3, -0.25) is 0 Å². The zero-order chi connectivity index (χ0) is 15.7. The van der Waals surface area contributed by atoms with E-state index in [1.165, 1.54) is 0 Å². The highest BCUT2D eigenvalue weighted by molar-refractivity contribution is 5.20. The molecular formula is C17H30N2O2. The van der Waals surface area contributed by atoms with Gasteiger partial charge in [0.05, 0.1) is 0 Å². The molecule has 0 fully saturated rings. The van der Waals surface area contributed by atoms with Crippen molar-refractivity contribution in [1.82, 2.24) is 10.2 Å². The van der Waals surface area contributed by atoms with Crippen LogP contribution in [0, 0.1) is 5.92 Å². The van der Waals surface area contributed by atoms with Crippen LogP contribution < -0.4 is 10.1 Å². The highest BCUT2D eigenvalue weighted by Gasteiger charge is 2.14. The van der Waals surface area contributed by atoms with E-state index in [1.54, 1.807) is 0 Å². The average Bonchev–Trinajstić information content (AvgIpc) is 2.42. The molecule has 2 unspecified atom stereocenters. The molecule has 0 amide bonds. The second-order valence-electron chi connectivity index (χ2n) is 6.27. The molecule has 1 aromatic rings. The summed E-state index contributed by atoms with van der Waals surface area (Å²) in [4.78, 5) is 2.17. The Bertz CT molecular complexity index is 358. The van der Waals surface area contributed by atoms with Crippen LogP contribution in [-0.2, 0) is 0 Å². The Kier molecular flexibility index (Phi) is 8.35. The quantitative estimate of drug-likeness (QED) is 0.693. The third-order valence-corrected chi connectivity index (χ3v) is 3.17. The largest absolute Gasteiger partial charge is 0.491 e. The van der Waals surface area contributed by atoms with Gasteiger partial charge in [-0.25, -0.2) is 0 Å². The summed E-state index contributed by atoms with van der Waals surface area (Å²) in [5.74, 6) is 1.43. The van der Waals surface area contributed by atoms with Crippen molar-refractivity contribution < 1.29 is 9.84 Å². The number of likely N-dealkylation sites (N-methyl/N-ethyl adjacent to an activating group) is 1. The van der Waals surface area contributed by atoms with Crippen LogP contribution in [0.25, 0.3) is 0 Å². The van der Waals surface area contributed by atoms with Crippen LogP contribution in [0.5, 0.6) is 5.75 Å². The Balaban J connectivity index is 2.29. The molecule has 0 aliphatic heterocycles. The average molecular weight is 294 g/mol. The Labute approximate surface area is 129 Å². The van der Waals surface area contributed by atoms with Gasteiger partial charge in [0.25, 0.3) is 0 Å². The number of hydrogen-bond acceptors (Lipinski definition) is 4. The van der Waals surface area contributed by atoms with Crippen LogP contribution in [0.4, 0.5) is 0 Å². The SMILES string of the molecule is CC(C)CC(CN(C)C)NCC(O)COc1ccccc1. The molecule has 0 radical (unpaired) electrons. The molecular weight excluding hydrogens is 264 g/mol. The van der Waals surface area contributed by atoms with Gasteiger partial charge in [-0.2, -0.15) is 0 Å². The van der Waals surface area contributed by atoms with Crippen molar-refractivity contribution in [2.24, 2.45) is 5.92 Å². The van der Waals surface area contributed by atoms with Crippen molar-refractivity contribution in [3.8, 4) is 5.75 Å². The first-order chi connectivity index (χ1) is 9.97. The maximum absolute atomic E-state index is 10.0. The van der Waals surface area contributed by atoms with Gasteiger partial charge in [-0.1, -0.05) is 32.0 Å². The molecule has 21 heavy (non-hydrogen) atoms. The smallest absolute Gasteiger partial charge is 0.119 e. The van der Waals surface area contributed by atoms with E-state index in [4.69, 9.17) is 4.74 Å². The molecule has 1 rings (SSSR count). The summed E-state index contributed by atoms with van der Waals surface area (Å²) in [5.41, 5.74) is 0. The minimum atomic E-state index is -0.498. The summed E-state index contributed by atoms with van der Waals surface area (Å²) in [6.45, 7) is 6.29. The van der Waals surface area contributed by atoms with E-state index in [-0.39, 0.29) is 0 Å². The van der Waals surface area contributed by atoms with Gasteiger partial charge in [0.2, 0.25) is 0 Å². The third-order valence-electron chi connectivity index (χ3n) is 3.17. The minimum absolute atomic E-state index is 0.313. The molecule has 0 spiro atoms. The number of aliphatic hydroxyl groups is 1. The minimum Gasteiger partial charge on any atom is -0.491 e. The second-order valence-corrected chi connectivity index (χ2v) is 6.27. The number of para-hydroxylation sites is 1. The lowest BCUT2D eigenvalue weighted by Crippen LogP contribution is -2.43. The number of aliphatic hydroxyl groups excluding tert-OH is 1. The van der Waals surface area contributed by atoms with Gasteiger partial charge in [0.1, 0.15) is 18.5 Å². The standard InChI is InChI=1S/C17H30N2O2/c1-14(2)10-15(12-19(3)4)18-11-16(20)13-21-17-8-6-5-7-9-17/h5-9,14-16,18,20H,10-13H2,1-4H3. The molecule has 2 atom stereocenters. The van der Waals surface area contributed by atoms with Crippen molar-refractivity contribution in [3.05, 3.63) is 30.3 Å². The van der Waals surface area contributed by atoms with Crippen LogP contribution in [0.3, 0.4) is 0 Å². The molecule has 0 saturated carbocycles. The predicted octanol–water partition coefficient (Wildman–Crippen LogP) is 1.99. The van der Waals surface area contributed by atoms with E-state index in [2.05, 4.69) is 38.2 Å². The van der Waals surface area contributed by atoms with Crippen LogP contribution in [0.15, 0.2) is 30.3 Å². The summed E-state index contributed by atoms with van der Waals surface area (Å²) < 4.78 is 5.56. The molecule has 120 valence electrons. The van der Waals surface area contributed by atoms with Gasteiger partial charge < -0.3 is 20.1 Å². The Morgan fingerprint density at radius 3 is 2.43 bits per heavy atom. The Morgan fingerprint density at radius 2 is 1.86 bits per heavy atom. The lowest BCUT2D eigenvalue weighted by atomic mass is 10.0. The molecule has 0 aromatic heterocycles. The van der Waals surface area contributed by atoms with Crippen LogP contribution in [0.1, 0.15) is 20.3 Å². The number of rotatable bonds is 10. The molecule has 1 aromatic carbocycles. The zero-order valence-corrected chi connectivity index (χ0v) is 13.7. The van der Waals surface area contributed by atoms with E-state index in [0.29, 0.717) is 25.1 Å². The van der Waals surface area contributed by atoms with Gasteiger partial charge in [-0.05, 0) is 38.6 Å². The van der Waals surface area contributed by atoms with Crippen molar-refractivity contribution in [3.63, 3.8) is 0 Å². The fourth-order valence-corrected chi connectivity index (χ4v) is 2.30. The molecule has 0 aliphatic rings. The van der Waals surface area contributed by atoms with Gasteiger partial charge in [0.15, 0.2) is 0 Å². The molecule has 2 N–H and O–H groups in total. The van der Waals surface area contributed by atoms with Crippen LogP contribution >= 0.6 is 0 Å². The highest BCUT2D eigenvalue weighted by Crippen LogP contribution is 2.09. The number of nitrogens with zero attached hydrogens (tertiary/aromatic N) is 1. The summed E-state index contributed by atoms with van der Waals surface area (Å²) >= 11 is 0. The molecule has 4 nitrogen and oxygen atoms in total. The third kappa shape index (κ3) is 8.71. The zero-order valence-electron chi connectivity index (χ0n) is 13.7. The lowest BCUT2D eigenvalue weighted by Gasteiger charge is -2.25. The van der Waals surface area contributed by atoms with Crippen molar-refractivity contribution in [2.75, 3.05) is 33.8 Å². The molecule has 0 bridgehead atoms. The van der Waals surface area contributed by atoms with Gasteiger partial charge in [-0.15, -0.1) is 0 Å². The summed E-state index contributed by atoms with van der Waals surface area (Å²) in [6, 6.07) is 9.99. The normalized spacial score (nSPS) is 14.4. The first-order valence-corrected chi connectivity index (χ1v) is 7.71. The van der Waals surface area contributed by atoms with E-state index in [9.17, 15) is 5.11 Å². The first-order valence-electron chi connectivity index (χ1n) is 7.71. The number of benzene rings is 1. The van der Waals surface area contributed by atoms with Gasteiger partial charge >= 0.3 is 0 Å². The number of ether oxygens (including phenoxy) is 1. The molecule has 0 heterocycles. The fourth-order valence-electron chi connectivity index (χ4n) is 2.30. The first kappa shape index (κ1) is 18.0. The summed E-state index contributed by atoms with van der Waals surface area (Å²) in [7, 11) is 4.15. The van der Waals surface area contributed by atoms with E-state index in [0.717, 1.165) is 18.7 Å². The molecule has 4 heteroatoms. The number of hydrogen-bond donors (Lipinski definition) is 2. The van der Waals surface area contributed by atoms with Crippen molar-refractivity contribution >= 4 is 0 Å². The lowest BCUT2D eigenvalue weighted by molar-refractivity contribution is 0.101. The monoisotopic (exact) mass is 294 g/mol. The summed E-state index contributed by atoms with van der Waals surface area (Å²) in [6.07, 6.45) is 0.604. The van der Waals surface area contributed by atoms with E-state index in [1.807, 2.05) is 30.3 Å². The maximum Gasteiger partial charge on any atom is 0.119 e. The van der Waals surface area contributed by atoms with Crippen molar-refractivity contribution in [2.45, 2.75) is 32.4 Å². The molecule has 0 aliphatic carbocycles. The fraction of sp³-hybridized carbons (Fsp3) is 0.647. The second kappa shape index (κ2) is 9.77.